The zero-order chi connectivity index (χ0) is 13.8. The number of hydrogen-bond donors (Lipinski definition) is 2. The van der Waals surface area contributed by atoms with Crippen molar-refractivity contribution in [2.75, 3.05) is 30.8 Å². The number of anilines is 2. The van der Waals surface area contributed by atoms with Crippen LogP contribution in [0.2, 0.25) is 0 Å². The van der Waals surface area contributed by atoms with Crippen LogP contribution in [0.15, 0.2) is 18.2 Å². The number of hydrogen-bond acceptors (Lipinski definition) is 4. The molecule has 0 spiro atoms. The number of nitrogens with two attached hydrogens (primary N) is 1. The monoisotopic (exact) mass is 264 g/mol. The van der Waals surface area contributed by atoms with Crippen LogP contribution in [0, 0.1) is 5.92 Å². The third-order valence-corrected chi connectivity index (χ3v) is 3.66. The quantitative estimate of drug-likeness (QED) is 0.774. The van der Waals surface area contributed by atoms with E-state index in [1.54, 1.807) is 0 Å². The van der Waals surface area contributed by atoms with Crippen molar-refractivity contribution in [3.8, 4) is 5.75 Å². The van der Waals surface area contributed by atoms with Gasteiger partial charge in [0, 0.05) is 13.6 Å². The number of rotatable bonds is 6. The zero-order valence-corrected chi connectivity index (χ0v) is 11.8. The molecule has 106 valence electrons. The normalized spacial score (nSPS) is 21.8. The van der Waals surface area contributed by atoms with Crippen LogP contribution in [0.1, 0.15) is 26.2 Å². The highest BCUT2D eigenvalue weighted by Crippen LogP contribution is 2.34. The van der Waals surface area contributed by atoms with E-state index in [9.17, 15) is 5.11 Å². The van der Waals surface area contributed by atoms with E-state index in [1.807, 2.05) is 25.2 Å². The first-order chi connectivity index (χ1) is 9.11. The van der Waals surface area contributed by atoms with Crippen molar-refractivity contribution in [1.82, 2.24) is 0 Å². The fraction of sp³-hybridized carbons (Fsp3) is 0.600. The molecular weight excluding hydrogens is 240 g/mol. The minimum atomic E-state index is -0.102. The predicted octanol–water partition coefficient (Wildman–Crippen LogP) is 2.26. The Labute approximate surface area is 115 Å². The van der Waals surface area contributed by atoms with Gasteiger partial charge in [-0.3, -0.25) is 0 Å². The fourth-order valence-electron chi connectivity index (χ4n) is 2.54. The van der Waals surface area contributed by atoms with Crippen LogP contribution in [0.3, 0.4) is 0 Å². The van der Waals surface area contributed by atoms with E-state index in [1.165, 1.54) is 0 Å². The highest BCUT2D eigenvalue weighted by Gasteiger charge is 2.28. The van der Waals surface area contributed by atoms with Crippen molar-refractivity contribution in [2.45, 2.75) is 32.3 Å². The summed E-state index contributed by atoms with van der Waals surface area (Å²) < 4.78 is 5.65. The lowest BCUT2D eigenvalue weighted by Crippen LogP contribution is -2.37. The predicted molar refractivity (Wildman–Crippen MR) is 78.6 cm³/mol. The van der Waals surface area contributed by atoms with Gasteiger partial charge in [0.2, 0.25) is 0 Å². The van der Waals surface area contributed by atoms with E-state index in [2.05, 4.69) is 11.8 Å². The molecule has 3 N–H and O–H groups in total. The Kier molecular flexibility index (Phi) is 4.53. The van der Waals surface area contributed by atoms with Crippen molar-refractivity contribution in [1.29, 1.82) is 0 Å². The molecule has 4 nitrogen and oxygen atoms in total. The third-order valence-electron chi connectivity index (χ3n) is 3.66. The van der Waals surface area contributed by atoms with E-state index in [0.29, 0.717) is 18.2 Å². The lowest BCUT2D eigenvalue weighted by Gasteiger charge is -2.35. The largest absolute Gasteiger partial charge is 0.491 e. The number of benzene rings is 1. The average Bonchev–Trinajstić information content (AvgIpc) is 2.35. The second kappa shape index (κ2) is 6.15. The molecule has 1 fully saturated rings. The summed E-state index contributed by atoms with van der Waals surface area (Å²) in [7, 11) is 2.04. The van der Waals surface area contributed by atoms with Gasteiger partial charge in [0.25, 0.3) is 0 Å². The summed E-state index contributed by atoms with van der Waals surface area (Å²) >= 11 is 0. The molecule has 1 saturated carbocycles. The topological polar surface area (TPSA) is 58.7 Å². The highest BCUT2D eigenvalue weighted by molar-refractivity contribution is 5.73. The van der Waals surface area contributed by atoms with Gasteiger partial charge in [0.1, 0.15) is 5.75 Å². The molecule has 0 unspecified atom stereocenters. The lowest BCUT2D eigenvalue weighted by molar-refractivity contribution is 0.0465. The molecule has 1 aliphatic rings. The van der Waals surface area contributed by atoms with E-state index in [-0.39, 0.29) is 6.10 Å². The summed E-state index contributed by atoms with van der Waals surface area (Å²) in [5, 5.41) is 9.33. The molecule has 0 atom stereocenters. The molecule has 0 aliphatic heterocycles. The average molecular weight is 264 g/mol. The van der Waals surface area contributed by atoms with Gasteiger partial charge >= 0.3 is 0 Å². The zero-order valence-electron chi connectivity index (χ0n) is 11.8. The van der Waals surface area contributed by atoms with Gasteiger partial charge in [-0.05, 0) is 37.3 Å². The second-order valence-electron chi connectivity index (χ2n) is 5.41. The highest BCUT2D eigenvalue weighted by atomic mass is 16.5. The van der Waals surface area contributed by atoms with Crippen molar-refractivity contribution < 1.29 is 9.84 Å². The number of nitrogen functional groups attached to an aromatic ring is 1. The summed E-state index contributed by atoms with van der Waals surface area (Å²) in [5.41, 5.74) is 7.89. The Morgan fingerprint density at radius 3 is 2.79 bits per heavy atom. The molecule has 1 aromatic carbocycles. The van der Waals surface area contributed by atoms with E-state index in [4.69, 9.17) is 10.5 Å². The number of aliphatic hydroxyl groups excluding tert-OH is 1. The smallest absolute Gasteiger partial charge is 0.144 e. The first kappa shape index (κ1) is 14.0. The van der Waals surface area contributed by atoms with Crippen molar-refractivity contribution >= 4 is 11.4 Å². The van der Waals surface area contributed by atoms with Crippen molar-refractivity contribution in [2.24, 2.45) is 5.92 Å². The minimum absolute atomic E-state index is 0.102. The van der Waals surface area contributed by atoms with Gasteiger partial charge in [0.15, 0.2) is 0 Å². The lowest BCUT2D eigenvalue weighted by atomic mass is 9.82. The molecule has 1 aromatic rings. The number of ether oxygens (including phenoxy) is 1. The number of aliphatic hydroxyl groups is 1. The minimum Gasteiger partial charge on any atom is -0.491 e. The molecule has 0 heterocycles. The maximum absolute atomic E-state index is 9.33. The first-order valence-corrected chi connectivity index (χ1v) is 7.02. The summed E-state index contributed by atoms with van der Waals surface area (Å²) in [6.45, 7) is 3.69. The van der Waals surface area contributed by atoms with Gasteiger partial charge in [-0.15, -0.1) is 0 Å². The van der Waals surface area contributed by atoms with E-state index in [0.717, 1.165) is 37.2 Å². The summed E-state index contributed by atoms with van der Waals surface area (Å²) in [4.78, 5) is 2.16. The molecule has 19 heavy (non-hydrogen) atoms. The molecular formula is C15H24N2O2. The summed E-state index contributed by atoms with van der Waals surface area (Å²) in [5.74, 6) is 1.33. The first-order valence-electron chi connectivity index (χ1n) is 7.02. The third kappa shape index (κ3) is 3.32. The van der Waals surface area contributed by atoms with E-state index >= 15 is 0 Å². The van der Waals surface area contributed by atoms with Crippen LogP contribution in [0.4, 0.5) is 11.4 Å². The molecule has 0 bridgehead atoms. The molecule has 0 amide bonds. The van der Waals surface area contributed by atoms with Crippen molar-refractivity contribution in [3.63, 3.8) is 0 Å². The summed E-state index contributed by atoms with van der Waals surface area (Å²) in [6, 6.07) is 5.90. The number of para-hydroxylation sites is 1. The summed E-state index contributed by atoms with van der Waals surface area (Å²) in [6.07, 6.45) is 2.67. The SMILES string of the molecule is CCCOc1cccc(N(C)CC2CC(O)C2)c1N. The van der Waals surface area contributed by atoms with Crippen LogP contribution in [-0.4, -0.2) is 31.4 Å². The van der Waals surface area contributed by atoms with Crippen LogP contribution in [-0.2, 0) is 0 Å². The van der Waals surface area contributed by atoms with Gasteiger partial charge in [0.05, 0.1) is 24.1 Å². The van der Waals surface area contributed by atoms with Crippen LogP contribution < -0.4 is 15.4 Å². The molecule has 2 rings (SSSR count). The Bertz CT molecular complexity index is 417. The van der Waals surface area contributed by atoms with Gasteiger partial charge < -0.3 is 20.5 Å². The van der Waals surface area contributed by atoms with Gasteiger partial charge in [-0.2, -0.15) is 0 Å². The second-order valence-corrected chi connectivity index (χ2v) is 5.41. The van der Waals surface area contributed by atoms with Crippen LogP contribution in [0.25, 0.3) is 0 Å². The maximum Gasteiger partial charge on any atom is 0.144 e. The Morgan fingerprint density at radius 1 is 1.42 bits per heavy atom. The van der Waals surface area contributed by atoms with Gasteiger partial charge in [-0.25, -0.2) is 0 Å². The molecule has 0 saturated heterocycles. The van der Waals surface area contributed by atoms with Crippen LogP contribution >= 0.6 is 0 Å². The maximum atomic E-state index is 9.33. The fourth-order valence-corrected chi connectivity index (χ4v) is 2.54. The number of nitrogens with zero attached hydrogens (tertiary/aromatic N) is 1. The Hall–Kier alpha value is -1.42. The van der Waals surface area contributed by atoms with Crippen LogP contribution in [0.5, 0.6) is 5.75 Å². The van der Waals surface area contributed by atoms with Crippen molar-refractivity contribution in [3.05, 3.63) is 18.2 Å². The Balaban J connectivity index is 2.02. The molecule has 0 aromatic heterocycles. The Morgan fingerprint density at radius 2 is 2.16 bits per heavy atom. The standard InChI is InChI=1S/C15H24N2O2/c1-3-7-19-14-6-4-5-13(15(14)16)17(2)10-11-8-12(18)9-11/h4-6,11-12,18H,3,7-10,16H2,1-2H3. The van der Waals surface area contributed by atoms with E-state index < -0.39 is 0 Å². The molecule has 4 heteroatoms. The van der Waals surface area contributed by atoms with Gasteiger partial charge in [-0.1, -0.05) is 13.0 Å². The molecule has 1 aliphatic carbocycles. The molecule has 0 radical (unpaired) electrons.